The van der Waals surface area contributed by atoms with E-state index in [9.17, 15) is 14.4 Å². The summed E-state index contributed by atoms with van der Waals surface area (Å²) in [6, 6.07) is -0.509. The predicted molar refractivity (Wildman–Crippen MR) is 99.8 cm³/mol. The van der Waals surface area contributed by atoms with Gasteiger partial charge in [0.25, 0.3) is 0 Å². The molecule has 2 N–H and O–H groups in total. The number of urea groups is 1. The standard InChI is InChI=1S/C18H23N5O3S/c1-8(2)14-21-22-18(27-14)20-17(26)19-9(3)23-15(24)12-10-4-5-11(7-6-10)13(12)16(23)25/h4-5,8-13H,6-7H2,1-3H3,(H2,19,20,22,26). The van der Waals surface area contributed by atoms with Crippen molar-refractivity contribution in [1.29, 1.82) is 0 Å². The molecular formula is C18H23N5O3S. The van der Waals surface area contributed by atoms with Crippen LogP contribution in [0.5, 0.6) is 0 Å². The molecule has 2 fully saturated rings. The average Bonchev–Trinajstić information content (AvgIpc) is 3.20. The lowest BCUT2D eigenvalue weighted by atomic mass is 9.63. The monoisotopic (exact) mass is 389 g/mol. The molecule has 2 bridgehead atoms. The first-order chi connectivity index (χ1) is 12.9. The van der Waals surface area contributed by atoms with Crippen molar-refractivity contribution < 1.29 is 14.4 Å². The summed E-state index contributed by atoms with van der Waals surface area (Å²) in [7, 11) is 0. The van der Waals surface area contributed by atoms with Gasteiger partial charge in [-0.15, -0.1) is 10.2 Å². The van der Waals surface area contributed by atoms with Gasteiger partial charge in [-0.1, -0.05) is 37.3 Å². The van der Waals surface area contributed by atoms with E-state index in [1.165, 1.54) is 16.2 Å². The highest BCUT2D eigenvalue weighted by atomic mass is 32.1. The molecule has 1 saturated carbocycles. The van der Waals surface area contributed by atoms with E-state index in [0.717, 1.165) is 17.8 Å². The molecule has 4 aliphatic rings. The number of anilines is 1. The topological polar surface area (TPSA) is 104 Å². The second-order valence-corrected chi connectivity index (χ2v) is 8.77. The summed E-state index contributed by atoms with van der Waals surface area (Å²) in [5, 5.41) is 14.5. The Hall–Kier alpha value is -2.29. The second kappa shape index (κ2) is 6.70. The number of carbonyl (C=O) groups is 3. The fraction of sp³-hybridized carbons (Fsp3) is 0.611. The van der Waals surface area contributed by atoms with Crippen LogP contribution < -0.4 is 10.6 Å². The molecule has 144 valence electrons. The van der Waals surface area contributed by atoms with Crippen molar-refractivity contribution in [2.45, 2.75) is 45.7 Å². The quantitative estimate of drug-likeness (QED) is 0.607. The molecule has 5 unspecified atom stereocenters. The van der Waals surface area contributed by atoms with E-state index in [0.29, 0.717) is 5.13 Å². The number of imide groups is 1. The highest BCUT2D eigenvalue weighted by Gasteiger charge is 2.57. The molecule has 8 nitrogen and oxygen atoms in total. The summed E-state index contributed by atoms with van der Waals surface area (Å²) in [4.78, 5) is 39.3. The van der Waals surface area contributed by atoms with Crippen LogP contribution in [-0.4, -0.2) is 39.1 Å². The number of fused-ring (bicyclic) bond motifs is 1. The van der Waals surface area contributed by atoms with E-state index in [2.05, 4.69) is 33.0 Å². The third kappa shape index (κ3) is 3.03. The number of likely N-dealkylation sites (tertiary alicyclic amines) is 1. The highest BCUT2D eigenvalue weighted by Crippen LogP contribution is 2.49. The van der Waals surface area contributed by atoms with Gasteiger partial charge in [-0.05, 0) is 31.6 Å². The molecule has 2 heterocycles. The second-order valence-electron chi connectivity index (χ2n) is 7.76. The van der Waals surface area contributed by atoms with Gasteiger partial charge in [-0.2, -0.15) is 0 Å². The van der Waals surface area contributed by atoms with Crippen molar-refractivity contribution in [2.75, 3.05) is 5.32 Å². The first kappa shape index (κ1) is 18.1. The lowest BCUT2D eigenvalue weighted by molar-refractivity contribution is -0.142. The van der Waals surface area contributed by atoms with Gasteiger partial charge in [0, 0.05) is 5.92 Å². The van der Waals surface area contributed by atoms with Crippen LogP contribution in [0.2, 0.25) is 0 Å². The number of nitrogens with one attached hydrogen (secondary N) is 2. The van der Waals surface area contributed by atoms with Crippen LogP contribution >= 0.6 is 11.3 Å². The van der Waals surface area contributed by atoms with Crippen LogP contribution in [-0.2, 0) is 9.59 Å². The van der Waals surface area contributed by atoms with Crippen molar-refractivity contribution >= 4 is 34.3 Å². The van der Waals surface area contributed by atoms with Crippen LogP contribution in [0.4, 0.5) is 9.93 Å². The third-order valence-corrected chi connectivity index (χ3v) is 6.81. The number of rotatable bonds is 4. The largest absolute Gasteiger partial charge is 0.322 e. The van der Waals surface area contributed by atoms with Crippen molar-refractivity contribution in [2.24, 2.45) is 23.7 Å². The molecule has 4 amide bonds. The van der Waals surface area contributed by atoms with Gasteiger partial charge in [-0.3, -0.25) is 19.8 Å². The summed E-state index contributed by atoms with van der Waals surface area (Å²) >= 11 is 1.30. The molecule has 27 heavy (non-hydrogen) atoms. The number of hydrogen-bond acceptors (Lipinski definition) is 6. The Morgan fingerprint density at radius 1 is 1.11 bits per heavy atom. The molecule has 5 rings (SSSR count). The predicted octanol–water partition coefficient (Wildman–Crippen LogP) is 2.33. The van der Waals surface area contributed by atoms with Gasteiger partial charge in [-0.25, -0.2) is 4.79 Å². The zero-order valence-corrected chi connectivity index (χ0v) is 16.3. The number of allylic oxidation sites excluding steroid dienone is 2. The Morgan fingerprint density at radius 3 is 2.19 bits per heavy atom. The lowest BCUT2D eigenvalue weighted by Gasteiger charge is -2.38. The summed E-state index contributed by atoms with van der Waals surface area (Å²) in [5.41, 5.74) is 0. The lowest BCUT2D eigenvalue weighted by Crippen LogP contribution is -2.50. The molecule has 3 aliphatic carbocycles. The Balaban J connectivity index is 1.42. The number of amides is 4. The first-order valence-electron chi connectivity index (χ1n) is 9.33. The van der Waals surface area contributed by atoms with Gasteiger partial charge in [0.05, 0.1) is 11.8 Å². The minimum absolute atomic E-state index is 0.137. The molecule has 0 spiro atoms. The third-order valence-electron chi connectivity index (χ3n) is 5.68. The summed E-state index contributed by atoms with van der Waals surface area (Å²) in [6.07, 6.45) is 5.35. The van der Waals surface area contributed by atoms with Crippen molar-refractivity contribution in [3.8, 4) is 0 Å². The van der Waals surface area contributed by atoms with E-state index in [1.807, 2.05) is 13.8 Å². The maximum absolute atomic E-state index is 12.9. The van der Waals surface area contributed by atoms with Crippen LogP contribution in [0.15, 0.2) is 12.2 Å². The molecule has 1 aromatic rings. The van der Waals surface area contributed by atoms with E-state index in [1.54, 1.807) is 6.92 Å². The smallest absolute Gasteiger partial charge is 0.317 e. The molecule has 9 heteroatoms. The fourth-order valence-electron chi connectivity index (χ4n) is 4.38. The van der Waals surface area contributed by atoms with Crippen LogP contribution in [0, 0.1) is 23.7 Å². The van der Waals surface area contributed by atoms with Crippen molar-refractivity contribution in [1.82, 2.24) is 20.4 Å². The van der Waals surface area contributed by atoms with Crippen LogP contribution in [0.25, 0.3) is 0 Å². The van der Waals surface area contributed by atoms with Gasteiger partial charge >= 0.3 is 6.03 Å². The van der Waals surface area contributed by atoms with Gasteiger partial charge in [0.15, 0.2) is 0 Å². The minimum Gasteiger partial charge on any atom is -0.317 e. The zero-order valence-electron chi connectivity index (χ0n) is 15.5. The normalized spacial score (nSPS) is 30.0. The molecule has 1 aliphatic heterocycles. The first-order valence-corrected chi connectivity index (χ1v) is 10.1. The van der Waals surface area contributed by atoms with E-state index in [-0.39, 0.29) is 41.4 Å². The van der Waals surface area contributed by atoms with E-state index >= 15 is 0 Å². The summed E-state index contributed by atoms with van der Waals surface area (Å²) in [6.45, 7) is 5.65. The van der Waals surface area contributed by atoms with Gasteiger partial charge in [0.2, 0.25) is 16.9 Å². The number of hydrogen-bond donors (Lipinski definition) is 2. The Bertz CT molecular complexity index is 788. The summed E-state index contributed by atoms with van der Waals surface area (Å²) in [5.74, 6) is -0.385. The van der Waals surface area contributed by atoms with Gasteiger partial charge < -0.3 is 5.32 Å². The number of aromatic nitrogens is 2. The Kier molecular flexibility index (Phi) is 4.49. The molecule has 5 atom stereocenters. The summed E-state index contributed by atoms with van der Waals surface area (Å²) < 4.78 is 0. The molecule has 1 aromatic heterocycles. The minimum atomic E-state index is -0.715. The Labute approximate surface area is 161 Å². The molecule has 1 saturated heterocycles. The SMILES string of the molecule is CC(C)c1nnc(NC(=O)NC(C)N2C(=O)C3C4C=CC(CC4)C3C2=O)s1. The average molecular weight is 389 g/mol. The maximum Gasteiger partial charge on any atom is 0.322 e. The van der Waals surface area contributed by atoms with Gasteiger partial charge in [0.1, 0.15) is 11.2 Å². The maximum atomic E-state index is 12.9. The van der Waals surface area contributed by atoms with Crippen LogP contribution in [0.1, 0.15) is 44.5 Å². The molecule has 0 aromatic carbocycles. The van der Waals surface area contributed by atoms with E-state index < -0.39 is 12.2 Å². The number of nitrogens with zero attached hydrogens (tertiary/aromatic N) is 3. The van der Waals surface area contributed by atoms with Crippen molar-refractivity contribution in [3.63, 3.8) is 0 Å². The van der Waals surface area contributed by atoms with E-state index in [4.69, 9.17) is 0 Å². The molecular weight excluding hydrogens is 366 g/mol. The van der Waals surface area contributed by atoms with Crippen LogP contribution in [0.3, 0.4) is 0 Å². The zero-order chi connectivity index (χ0) is 19.3. The highest BCUT2D eigenvalue weighted by molar-refractivity contribution is 7.15. The van der Waals surface area contributed by atoms with Crippen molar-refractivity contribution in [3.05, 3.63) is 17.2 Å². The number of carbonyl (C=O) groups excluding carboxylic acids is 3. The Morgan fingerprint density at radius 2 is 1.70 bits per heavy atom. The molecule has 0 radical (unpaired) electrons. The fourth-order valence-corrected chi connectivity index (χ4v) is 5.13.